The van der Waals surface area contributed by atoms with Crippen LogP contribution in [-0.2, 0) is 28.9 Å². The minimum atomic E-state index is -1.21. The van der Waals surface area contributed by atoms with Crippen molar-refractivity contribution in [2.45, 2.75) is 38.1 Å². The van der Waals surface area contributed by atoms with Crippen LogP contribution in [0.25, 0.3) is 16.6 Å². The van der Waals surface area contributed by atoms with E-state index in [2.05, 4.69) is 52.5 Å². The number of carboxylic acids is 1. The van der Waals surface area contributed by atoms with Gasteiger partial charge in [-0.3, -0.25) is 9.59 Å². The molecule has 1 heterocycles. The first-order chi connectivity index (χ1) is 19.2. The quantitative estimate of drug-likeness (QED) is 0.168. The van der Waals surface area contributed by atoms with Crippen LogP contribution in [0.4, 0.5) is 5.69 Å². The highest BCUT2D eigenvalue weighted by Crippen LogP contribution is 2.28. The lowest BCUT2D eigenvalue weighted by Gasteiger charge is -2.20. The summed E-state index contributed by atoms with van der Waals surface area (Å²) in [5.74, 6) is -0.882. The van der Waals surface area contributed by atoms with Gasteiger partial charge in [0.2, 0.25) is 5.91 Å². The topological polar surface area (TPSA) is 158 Å². The molecule has 0 saturated heterocycles. The highest BCUT2D eigenvalue weighted by molar-refractivity contribution is 5.89. The van der Waals surface area contributed by atoms with E-state index in [0.29, 0.717) is 6.42 Å². The third kappa shape index (κ3) is 8.49. The molecule has 9 nitrogen and oxygen atoms in total. The number of amides is 1. The Hall–Kier alpha value is -4.02. The zero-order chi connectivity index (χ0) is 29.1. The Morgan fingerprint density at radius 3 is 2.05 bits per heavy atom. The van der Waals surface area contributed by atoms with E-state index in [-0.39, 0.29) is 12.3 Å². The summed E-state index contributed by atoms with van der Waals surface area (Å²) < 4.78 is 2.16. The van der Waals surface area contributed by atoms with Gasteiger partial charge in [0, 0.05) is 36.3 Å². The van der Waals surface area contributed by atoms with Gasteiger partial charge in [0.05, 0.1) is 30.9 Å². The summed E-state index contributed by atoms with van der Waals surface area (Å²) in [7, 11) is 0. The largest absolute Gasteiger partial charge is 0.481 e. The molecule has 4 aromatic rings. The number of aliphatic hydroxyl groups is 3. The standard InChI is InChI=1S/C27H26N2O3.C4H11NO3/c1-19(30)28-23-11-13-24(14-12-23)29-18-22(10-7-20-5-3-2-4-6-20)25-17-21(8-15-26(25)29)9-16-27(31)32;5-4(1-6,2-7)3-8/h2-6,8,11-15,17-18H,7,9-10,16H2,1H3,(H,28,30)(H,31,32);6-8H,1-3,5H2. The van der Waals surface area contributed by atoms with Crippen LogP contribution in [0.1, 0.15) is 30.0 Å². The average Bonchev–Trinajstić information content (AvgIpc) is 3.33. The number of rotatable bonds is 11. The second-order valence-electron chi connectivity index (χ2n) is 9.82. The summed E-state index contributed by atoms with van der Waals surface area (Å²) in [4.78, 5) is 22.3. The third-order valence-electron chi connectivity index (χ3n) is 6.52. The maximum absolute atomic E-state index is 11.3. The van der Waals surface area contributed by atoms with E-state index >= 15 is 0 Å². The summed E-state index contributed by atoms with van der Waals surface area (Å²) in [5, 5.41) is 38.0. The lowest BCUT2D eigenvalue weighted by atomic mass is 10.0. The number of hydrogen-bond donors (Lipinski definition) is 6. The second kappa shape index (κ2) is 14.4. The minimum Gasteiger partial charge on any atom is -0.481 e. The van der Waals surface area contributed by atoms with Crippen LogP contribution in [0.3, 0.4) is 0 Å². The van der Waals surface area contributed by atoms with Crippen molar-refractivity contribution in [3.05, 3.63) is 95.7 Å². The van der Waals surface area contributed by atoms with Crippen LogP contribution in [0.15, 0.2) is 79.0 Å². The van der Waals surface area contributed by atoms with Gasteiger partial charge < -0.3 is 36.0 Å². The molecule has 0 aliphatic carbocycles. The van der Waals surface area contributed by atoms with Crippen molar-refractivity contribution >= 4 is 28.5 Å². The van der Waals surface area contributed by atoms with Crippen molar-refractivity contribution in [2.75, 3.05) is 25.1 Å². The van der Waals surface area contributed by atoms with Crippen LogP contribution < -0.4 is 11.1 Å². The normalized spacial score (nSPS) is 11.1. The number of nitrogens with two attached hydrogens (primary N) is 1. The molecule has 0 aliphatic rings. The highest BCUT2D eigenvalue weighted by atomic mass is 16.4. The molecular formula is C31H37N3O6. The smallest absolute Gasteiger partial charge is 0.303 e. The SMILES string of the molecule is CC(=O)Nc1ccc(-n2cc(CCc3ccccc3)c3cc(CCC(=O)O)ccc32)cc1.NC(CO)(CO)CO. The molecule has 0 unspecified atom stereocenters. The van der Waals surface area contributed by atoms with Crippen molar-refractivity contribution in [1.82, 2.24) is 4.57 Å². The minimum absolute atomic E-state index is 0.0961. The average molecular weight is 548 g/mol. The maximum atomic E-state index is 11.3. The Kier molecular flexibility index (Phi) is 11.0. The summed E-state index contributed by atoms with van der Waals surface area (Å²) in [6, 6.07) is 24.4. The Morgan fingerprint density at radius 1 is 0.850 bits per heavy atom. The van der Waals surface area contributed by atoms with Crippen molar-refractivity contribution in [3.63, 3.8) is 0 Å². The van der Waals surface area contributed by atoms with Crippen LogP contribution in [0.5, 0.6) is 0 Å². The zero-order valence-electron chi connectivity index (χ0n) is 22.6. The number of benzene rings is 3. The number of nitrogens with zero attached hydrogens (tertiary/aromatic N) is 1. The lowest BCUT2D eigenvalue weighted by molar-refractivity contribution is -0.137. The number of aliphatic hydroxyl groups excluding tert-OH is 3. The van der Waals surface area contributed by atoms with E-state index in [9.17, 15) is 9.59 Å². The van der Waals surface area contributed by atoms with E-state index < -0.39 is 31.3 Å². The third-order valence-corrected chi connectivity index (χ3v) is 6.52. The Labute approximate surface area is 233 Å². The lowest BCUT2D eigenvalue weighted by Crippen LogP contribution is -2.50. The molecule has 0 aliphatic heterocycles. The monoisotopic (exact) mass is 547 g/mol. The van der Waals surface area contributed by atoms with E-state index in [1.165, 1.54) is 18.1 Å². The number of hydrogen-bond acceptors (Lipinski definition) is 6. The molecule has 4 rings (SSSR count). The van der Waals surface area contributed by atoms with Crippen LogP contribution >= 0.6 is 0 Å². The molecule has 9 heteroatoms. The molecule has 0 fully saturated rings. The number of aryl methyl sites for hydroxylation is 3. The van der Waals surface area contributed by atoms with Gasteiger partial charge in [-0.2, -0.15) is 0 Å². The second-order valence-corrected chi connectivity index (χ2v) is 9.82. The molecule has 0 radical (unpaired) electrons. The van der Waals surface area contributed by atoms with Gasteiger partial charge in [0.1, 0.15) is 0 Å². The van der Waals surface area contributed by atoms with Gasteiger partial charge in [-0.05, 0) is 72.4 Å². The fourth-order valence-electron chi connectivity index (χ4n) is 4.15. The van der Waals surface area contributed by atoms with E-state index in [4.69, 9.17) is 26.2 Å². The number of nitrogens with one attached hydrogen (secondary N) is 1. The van der Waals surface area contributed by atoms with Crippen molar-refractivity contribution < 1.29 is 30.0 Å². The molecular weight excluding hydrogens is 510 g/mol. The zero-order valence-corrected chi connectivity index (χ0v) is 22.6. The Bertz CT molecular complexity index is 1390. The fourth-order valence-corrected chi connectivity index (χ4v) is 4.15. The van der Waals surface area contributed by atoms with Crippen LogP contribution in [0, 0.1) is 0 Å². The molecule has 0 atom stereocenters. The number of carbonyl (C=O) groups excluding carboxylic acids is 1. The van der Waals surface area contributed by atoms with Gasteiger partial charge in [0.15, 0.2) is 0 Å². The number of aromatic nitrogens is 1. The highest BCUT2D eigenvalue weighted by Gasteiger charge is 2.20. The molecule has 1 aromatic heterocycles. The predicted octanol–water partition coefficient (Wildman–Crippen LogP) is 3.05. The molecule has 0 bridgehead atoms. The van der Waals surface area contributed by atoms with Crippen molar-refractivity contribution in [2.24, 2.45) is 5.73 Å². The molecule has 40 heavy (non-hydrogen) atoms. The summed E-state index contributed by atoms with van der Waals surface area (Å²) >= 11 is 0. The number of carbonyl (C=O) groups is 2. The van der Waals surface area contributed by atoms with Crippen LogP contribution in [-0.4, -0.2) is 62.2 Å². The van der Waals surface area contributed by atoms with Gasteiger partial charge in [0.25, 0.3) is 0 Å². The van der Waals surface area contributed by atoms with Gasteiger partial charge in [-0.25, -0.2) is 0 Å². The Morgan fingerprint density at radius 2 is 1.50 bits per heavy atom. The van der Waals surface area contributed by atoms with Gasteiger partial charge >= 0.3 is 5.97 Å². The summed E-state index contributed by atoms with van der Waals surface area (Å²) in [6.45, 7) is 0.286. The Balaban J connectivity index is 0.000000482. The van der Waals surface area contributed by atoms with Crippen molar-refractivity contribution in [3.8, 4) is 5.69 Å². The number of aliphatic carboxylic acids is 1. The number of anilines is 1. The van der Waals surface area contributed by atoms with Crippen LogP contribution in [0.2, 0.25) is 0 Å². The van der Waals surface area contributed by atoms with Crippen molar-refractivity contribution in [1.29, 1.82) is 0 Å². The predicted molar refractivity (Wildman–Crippen MR) is 156 cm³/mol. The van der Waals surface area contributed by atoms with E-state index in [0.717, 1.165) is 40.7 Å². The van der Waals surface area contributed by atoms with Gasteiger partial charge in [-0.1, -0.05) is 36.4 Å². The van der Waals surface area contributed by atoms with Gasteiger partial charge in [-0.15, -0.1) is 0 Å². The molecule has 0 spiro atoms. The first-order valence-corrected chi connectivity index (χ1v) is 13.1. The fraction of sp³-hybridized carbons (Fsp3) is 0.290. The first kappa shape index (κ1) is 30.5. The van der Waals surface area contributed by atoms with E-state index in [1.54, 1.807) is 0 Å². The summed E-state index contributed by atoms with van der Waals surface area (Å²) in [6.07, 6.45) is 4.62. The number of carboxylic acid groups (broad SMARTS) is 1. The number of fused-ring (bicyclic) bond motifs is 1. The molecule has 7 N–H and O–H groups in total. The van der Waals surface area contributed by atoms with E-state index in [1.807, 2.05) is 36.4 Å². The molecule has 0 saturated carbocycles. The molecule has 3 aromatic carbocycles. The maximum Gasteiger partial charge on any atom is 0.303 e. The first-order valence-electron chi connectivity index (χ1n) is 13.1. The molecule has 1 amide bonds. The molecule has 212 valence electrons. The summed E-state index contributed by atoms with van der Waals surface area (Å²) in [5.41, 5.74) is 10.3.